The highest BCUT2D eigenvalue weighted by atomic mass is 35.5. The summed E-state index contributed by atoms with van der Waals surface area (Å²) < 4.78 is 47.8. The Morgan fingerprint density at radius 1 is 1.05 bits per heavy atom. The third-order valence-corrected chi connectivity index (χ3v) is 7.66. The van der Waals surface area contributed by atoms with Crippen molar-refractivity contribution in [2.45, 2.75) is 37.9 Å². The monoisotopic (exact) mass is 616 g/mol. The zero-order valence-corrected chi connectivity index (χ0v) is 25.4. The van der Waals surface area contributed by atoms with Gasteiger partial charge in [-0.1, -0.05) is 41.9 Å². The third-order valence-electron chi connectivity index (χ3n) is 7.34. The van der Waals surface area contributed by atoms with E-state index in [1.165, 1.54) is 19.2 Å². The second-order valence-electron chi connectivity index (χ2n) is 10.1. The predicted molar refractivity (Wildman–Crippen MR) is 161 cm³/mol. The average Bonchev–Trinajstić information content (AvgIpc) is 3.03. The van der Waals surface area contributed by atoms with Gasteiger partial charge in [-0.25, -0.2) is 9.18 Å². The summed E-state index contributed by atoms with van der Waals surface area (Å²) in [4.78, 5) is 14.7. The van der Waals surface area contributed by atoms with Crippen LogP contribution in [0.4, 0.5) is 14.9 Å². The van der Waals surface area contributed by atoms with Crippen molar-refractivity contribution < 1.29 is 37.6 Å². The van der Waals surface area contributed by atoms with E-state index in [9.17, 15) is 9.18 Å². The summed E-state index contributed by atoms with van der Waals surface area (Å²) in [6, 6.07) is 18.7. The molecule has 3 aromatic carbocycles. The fraction of sp³-hybridized carbons (Fsp3) is 0.406. The van der Waals surface area contributed by atoms with Crippen LogP contribution in [0.25, 0.3) is 0 Å². The van der Waals surface area contributed by atoms with E-state index in [2.05, 4.69) is 10.2 Å². The van der Waals surface area contributed by atoms with Crippen LogP contribution < -0.4 is 14.8 Å². The molecule has 0 saturated carbocycles. The molecule has 0 spiro atoms. The molecule has 9 nitrogen and oxygen atoms in total. The first-order chi connectivity index (χ1) is 20.9. The van der Waals surface area contributed by atoms with Gasteiger partial charge in [-0.2, -0.15) is 0 Å². The lowest BCUT2D eigenvalue weighted by molar-refractivity contribution is -0.291. The summed E-state index contributed by atoms with van der Waals surface area (Å²) in [6.07, 6.45) is 0.341. The van der Waals surface area contributed by atoms with Gasteiger partial charge in [-0.15, -0.1) is 0 Å². The maximum absolute atomic E-state index is 13.1. The topological polar surface area (TPSA) is 87.7 Å². The number of benzene rings is 3. The van der Waals surface area contributed by atoms with Gasteiger partial charge in [0.2, 0.25) is 0 Å². The second-order valence-corrected chi connectivity index (χ2v) is 10.5. The normalized spacial score (nSPS) is 16.4. The van der Waals surface area contributed by atoms with Crippen LogP contribution in [0.1, 0.15) is 24.0 Å². The number of methoxy groups -OCH3 is 3. The van der Waals surface area contributed by atoms with E-state index in [1.807, 2.05) is 30.3 Å². The van der Waals surface area contributed by atoms with Crippen LogP contribution in [-0.2, 0) is 32.2 Å². The molecule has 43 heavy (non-hydrogen) atoms. The molecule has 11 heteroatoms. The predicted octanol–water partition coefficient (Wildman–Crippen LogP) is 6.29. The number of carbonyl (C=O) groups is 1. The Hall–Kier alpha value is -3.41. The maximum Gasteiger partial charge on any atom is 0.412 e. The molecular weight excluding hydrogens is 579 g/mol. The molecular formula is C32H38ClFN2O7. The fourth-order valence-corrected chi connectivity index (χ4v) is 5.17. The van der Waals surface area contributed by atoms with Gasteiger partial charge in [0.05, 0.1) is 31.0 Å². The minimum Gasteiger partial charge on any atom is -0.496 e. The van der Waals surface area contributed by atoms with Gasteiger partial charge in [0, 0.05) is 51.9 Å². The first kappa shape index (κ1) is 32.5. The minimum absolute atomic E-state index is 0.133. The van der Waals surface area contributed by atoms with Gasteiger partial charge >= 0.3 is 6.09 Å². The number of likely N-dealkylation sites (tertiary alicyclic amines) is 1. The number of anilines is 1. The Morgan fingerprint density at radius 3 is 2.49 bits per heavy atom. The molecule has 1 atom stereocenters. The molecule has 1 saturated heterocycles. The maximum atomic E-state index is 13.1. The van der Waals surface area contributed by atoms with Gasteiger partial charge < -0.3 is 33.3 Å². The van der Waals surface area contributed by atoms with Crippen molar-refractivity contribution in [3.8, 4) is 11.5 Å². The SMILES string of the molecule is COc1cc(NC(=O)OCc2ccccc2)c(Cl)cc1COC1CN(CCCOc2ccc(F)cc2)CCC1(OC)OC. The number of nitrogens with one attached hydrogen (secondary N) is 1. The quantitative estimate of drug-likeness (QED) is 0.167. The number of hydrogen-bond donors (Lipinski definition) is 1. The number of piperidine rings is 1. The van der Waals surface area contributed by atoms with Gasteiger partial charge in [-0.05, 0) is 42.3 Å². The van der Waals surface area contributed by atoms with E-state index in [1.54, 1.807) is 38.5 Å². The molecule has 1 heterocycles. The Balaban J connectivity index is 1.34. The minimum atomic E-state index is -0.915. The third kappa shape index (κ3) is 9.04. The lowest BCUT2D eigenvalue weighted by Crippen LogP contribution is -2.58. The number of ether oxygens (including phenoxy) is 6. The van der Waals surface area contributed by atoms with E-state index < -0.39 is 18.0 Å². The first-order valence-electron chi connectivity index (χ1n) is 14.0. The molecule has 0 aromatic heterocycles. The van der Waals surface area contributed by atoms with Gasteiger partial charge in [-0.3, -0.25) is 5.32 Å². The van der Waals surface area contributed by atoms with Crippen molar-refractivity contribution in [2.24, 2.45) is 0 Å². The van der Waals surface area contributed by atoms with Crippen molar-refractivity contribution in [3.63, 3.8) is 0 Å². The molecule has 1 aliphatic heterocycles. The zero-order chi connectivity index (χ0) is 30.7. The fourth-order valence-electron chi connectivity index (χ4n) is 4.93. The van der Waals surface area contributed by atoms with Gasteiger partial charge in [0.25, 0.3) is 0 Å². The summed E-state index contributed by atoms with van der Waals surface area (Å²) in [5, 5.41) is 2.99. The Bertz CT molecular complexity index is 1310. The first-order valence-corrected chi connectivity index (χ1v) is 14.4. The Labute approximate surface area is 256 Å². The molecule has 1 N–H and O–H groups in total. The van der Waals surface area contributed by atoms with E-state index in [0.717, 1.165) is 25.1 Å². The second kappa shape index (κ2) is 15.9. The summed E-state index contributed by atoms with van der Waals surface area (Å²) in [5.41, 5.74) is 1.92. The molecule has 1 unspecified atom stereocenters. The highest BCUT2D eigenvalue weighted by Gasteiger charge is 2.45. The van der Waals surface area contributed by atoms with Gasteiger partial charge in [0.1, 0.15) is 30.0 Å². The smallest absolute Gasteiger partial charge is 0.412 e. The van der Waals surface area contributed by atoms with Gasteiger partial charge in [0.15, 0.2) is 5.79 Å². The zero-order valence-electron chi connectivity index (χ0n) is 24.6. The van der Waals surface area contributed by atoms with Crippen LogP contribution in [0.15, 0.2) is 66.7 Å². The molecule has 0 bridgehead atoms. The lowest BCUT2D eigenvalue weighted by atomic mass is 9.99. The summed E-state index contributed by atoms with van der Waals surface area (Å²) >= 11 is 6.53. The van der Waals surface area contributed by atoms with Crippen LogP contribution >= 0.6 is 11.6 Å². The Morgan fingerprint density at radius 2 is 1.79 bits per heavy atom. The standard InChI is InChI=1S/C32H38ClFN2O7/c1-38-29-19-28(35-31(37)43-21-23-8-5-4-6-9-23)27(33)18-24(29)22-42-30-20-36(16-14-32(30,39-2)40-3)15-7-17-41-26-12-10-25(34)11-13-26/h4-6,8-13,18-19,30H,7,14-17,20-22H2,1-3H3,(H,35,37). The molecule has 1 aliphatic rings. The number of carbonyl (C=O) groups excluding carboxylic acids is 1. The molecule has 3 aromatic rings. The van der Waals surface area contributed by atoms with Crippen molar-refractivity contribution >= 4 is 23.4 Å². The molecule has 4 rings (SSSR count). The lowest BCUT2D eigenvalue weighted by Gasteiger charge is -2.45. The highest BCUT2D eigenvalue weighted by molar-refractivity contribution is 6.33. The van der Waals surface area contributed by atoms with Crippen LogP contribution in [0.5, 0.6) is 11.5 Å². The number of nitrogens with zero attached hydrogens (tertiary/aromatic N) is 1. The van der Waals surface area contributed by atoms with E-state index >= 15 is 0 Å². The largest absolute Gasteiger partial charge is 0.496 e. The van der Waals surface area contributed by atoms with E-state index in [4.69, 9.17) is 40.0 Å². The van der Waals surface area contributed by atoms with Crippen molar-refractivity contribution in [2.75, 3.05) is 52.9 Å². The molecule has 232 valence electrons. The Kier molecular flexibility index (Phi) is 12.0. The van der Waals surface area contributed by atoms with Crippen LogP contribution in [0, 0.1) is 5.82 Å². The molecule has 0 radical (unpaired) electrons. The van der Waals surface area contributed by atoms with Crippen molar-refractivity contribution in [1.82, 2.24) is 4.90 Å². The van der Waals surface area contributed by atoms with Crippen molar-refractivity contribution in [3.05, 3.63) is 88.7 Å². The number of rotatable bonds is 14. The number of amides is 1. The number of halogens is 2. The van der Waals surface area contributed by atoms with E-state index in [-0.39, 0.29) is 19.0 Å². The summed E-state index contributed by atoms with van der Waals surface area (Å²) in [7, 11) is 4.76. The van der Waals surface area contributed by atoms with Crippen LogP contribution in [0.2, 0.25) is 5.02 Å². The number of hydrogen-bond acceptors (Lipinski definition) is 8. The van der Waals surface area contributed by atoms with Crippen LogP contribution in [0.3, 0.4) is 0 Å². The summed E-state index contributed by atoms with van der Waals surface area (Å²) in [5.74, 6) is -0.0775. The molecule has 0 aliphatic carbocycles. The highest BCUT2D eigenvalue weighted by Crippen LogP contribution is 2.34. The average molecular weight is 617 g/mol. The molecule has 1 amide bonds. The van der Waals surface area contributed by atoms with Crippen molar-refractivity contribution in [1.29, 1.82) is 0 Å². The van der Waals surface area contributed by atoms with Crippen LogP contribution in [-0.4, -0.2) is 70.5 Å². The summed E-state index contributed by atoms with van der Waals surface area (Å²) in [6.45, 7) is 2.91. The van der Waals surface area contributed by atoms with E-state index in [0.29, 0.717) is 47.3 Å². The molecule has 1 fully saturated rings.